The third-order valence-corrected chi connectivity index (χ3v) is 3.03. The molecule has 0 aliphatic rings. The summed E-state index contributed by atoms with van der Waals surface area (Å²) in [6, 6.07) is 4.17. The normalized spacial score (nSPS) is 12.3. The number of ether oxygens (including phenoxy) is 1. The summed E-state index contributed by atoms with van der Waals surface area (Å²) >= 11 is 0. The largest absolute Gasteiger partial charge is 0.492 e. The summed E-state index contributed by atoms with van der Waals surface area (Å²) in [5.74, 6) is 1.72. The van der Waals surface area contributed by atoms with Gasteiger partial charge in [-0.25, -0.2) is 0 Å². The van der Waals surface area contributed by atoms with Gasteiger partial charge in [-0.3, -0.25) is 4.98 Å². The van der Waals surface area contributed by atoms with Crippen LogP contribution < -0.4 is 10.1 Å². The number of aryl methyl sites for hydroxylation is 1. The van der Waals surface area contributed by atoms with Crippen LogP contribution in [0.3, 0.4) is 0 Å². The quantitative estimate of drug-likeness (QED) is 0.839. The SMILES string of the molecule is CCCOc1cncc(C(NCC)c2coc(C)c2)c1. The summed E-state index contributed by atoms with van der Waals surface area (Å²) in [5.41, 5.74) is 2.19. The zero-order valence-electron chi connectivity index (χ0n) is 12.3. The van der Waals surface area contributed by atoms with Crippen LogP contribution in [0.25, 0.3) is 0 Å². The number of pyridine rings is 1. The van der Waals surface area contributed by atoms with Crippen molar-refractivity contribution in [1.29, 1.82) is 0 Å². The first-order valence-electron chi connectivity index (χ1n) is 7.10. The molecule has 0 aromatic carbocycles. The van der Waals surface area contributed by atoms with Crippen molar-refractivity contribution in [1.82, 2.24) is 10.3 Å². The van der Waals surface area contributed by atoms with Crippen LogP contribution in [-0.2, 0) is 0 Å². The highest BCUT2D eigenvalue weighted by Crippen LogP contribution is 2.25. The van der Waals surface area contributed by atoms with Gasteiger partial charge in [0, 0.05) is 11.8 Å². The Hall–Kier alpha value is -1.81. The lowest BCUT2D eigenvalue weighted by Crippen LogP contribution is -2.21. The molecule has 2 aromatic rings. The van der Waals surface area contributed by atoms with Crippen LogP contribution in [0.1, 0.15) is 43.2 Å². The number of hydrogen-bond donors (Lipinski definition) is 1. The minimum absolute atomic E-state index is 0.0788. The molecule has 0 bridgehead atoms. The van der Waals surface area contributed by atoms with Crippen molar-refractivity contribution in [3.8, 4) is 5.75 Å². The van der Waals surface area contributed by atoms with Crippen molar-refractivity contribution in [2.45, 2.75) is 33.2 Å². The van der Waals surface area contributed by atoms with Gasteiger partial charge in [0.2, 0.25) is 0 Å². The van der Waals surface area contributed by atoms with Gasteiger partial charge in [-0.2, -0.15) is 0 Å². The molecule has 0 amide bonds. The summed E-state index contributed by atoms with van der Waals surface area (Å²) in [4.78, 5) is 4.28. The van der Waals surface area contributed by atoms with Gasteiger partial charge in [-0.1, -0.05) is 13.8 Å². The first kappa shape index (κ1) is 14.6. The Balaban J connectivity index is 2.24. The van der Waals surface area contributed by atoms with Crippen LogP contribution in [0.2, 0.25) is 0 Å². The lowest BCUT2D eigenvalue weighted by molar-refractivity contribution is 0.315. The molecule has 108 valence electrons. The van der Waals surface area contributed by atoms with E-state index < -0.39 is 0 Å². The second kappa shape index (κ2) is 7.10. The second-order valence-electron chi connectivity index (χ2n) is 4.78. The van der Waals surface area contributed by atoms with E-state index in [1.165, 1.54) is 0 Å². The molecule has 20 heavy (non-hydrogen) atoms. The molecule has 2 aromatic heterocycles. The molecule has 0 radical (unpaired) electrons. The number of aromatic nitrogens is 1. The fourth-order valence-electron chi connectivity index (χ4n) is 2.14. The Labute approximate surface area is 120 Å². The molecule has 0 spiro atoms. The number of rotatable bonds is 7. The average Bonchev–Trinajstić information content (AvgIpc) is 2.89. The van der Waals surface area contributed by atoms with E-state index in [4.69, 9.17) is 9.15 Å². The lowest BCUT2D eigenvalue weighted by atomic mass is 10.0. The molecule has 0 saturated heterocycles. The maximum absolute atomic E-state index is 5.65. The Morgan fingerprint density at radius 3 is 2.75 bits per heavy atom. The van der Waals surface area contributed by atoms with Gasteiger partial charge in [0.25, 0.3) is 0 Å². The van der Waals surface area contributed by atoms with Crippen LogP contribution >= 0.6 is 0 Å². The maximum atomic E-state index is 5.65. The van der Waals surface area contributed by atoms with Gasteiger partial charge in [0.15, 0.2) is 0 Å². The van der Waals surface area contributed by atoms with Crippen molar-refractivity contribution in [3.63, 3.8) is 0 Å². The van der Waals surface area contributed by atoms with Gasteiger partial charge in [-0.05, 0) is 37.6 Å². The highest BCUT2D eigenvalue weighted by molar-refractivity contribution is 5.33. The van der Waals surface area contributed by atoms with Crippen molar-refractivity contribution in [2.75, 3.05) is 13.2 Å². The van der Waals surface area contributed by atoms with Gasteiger partial charge in [-0.15, -0.1) is 0 Å². The molecule has 1 N–H and O–H groups in total. The zero-order valence-corrected chi connectivity index (χ0v) is 12.3. The zero-order chi connectivity index (χ0) is 14.4. The molecule has 0 fully saturated rings. The highest BCUT2D eigenvalue weighted by atomic mass is 16.5. The van der Waals surface area contributed by atoms with Crippen molar-refractivity contribution >= 4 is 0 Å². The van der Waals surface area contributed by atoms with E-state index in [0.717, 1.165) is 35.6 Å². The van der Waals surface area contributed by atoms with E-state index in [9.17, 15) is 0 Å². The van der Waals surface area contributed by atoms with E-state index in [2.05, 4.69) is 24.1 Å². The molecular formula is C16H22N2O2. The molecule has 0 aliphatic carbocycles. The van der Waals surface area contributed by atoms with Crippen LogP contribution in [0.15, 0.2) is 35.2 Å². The van der Waals surface area contributed by atoms with Gasteiger partial charge in [0.1, 0.15) is 11.5 Å². The third-order valence-electron chi connectivity index (χ3n) is 3.03. The predicted octanol–water partition coefficient (Wildman–Crippen LogP) is 3.47. The van der Waals surface area contributed by atoms with Crippen LogP contribution in [0, 0.1) is 6.92 Å². The summed E-state index contributed by atoms with van der Waals surface area (Å²) in [6.45, 7) is 7.71. The van der Waals surface area contributed by atoms with Crippen LogP contribution in [-0.4, -0.2) is 18.1 Å². The van der Waals surface area contributed by atoms with Gasteiger partial charge in [0.05, 0.1) is 25.1 Å². The Morgan fingerprint density at radius 1 is 1.25 bits per heavy atom. The second-order valence-corrected chi connectivity index (χ2v) is 4.78. The first-order valence-corrected chi connectivity index (χ1v) is 7.10. The Kier molecular flexibility index (Phi) is 5.18. The lowest BCUT2D eigenvalue weighted by Gasteiger charge is -2.17. The minimum atomic E-state index is 0.0788. The summed E-state index contributed by atoms with van der Waals surface area (Å²) < 4.78 is 11.1. The smallest absolute Gasteiger partial charge is 0.137 e. The Bertz CT molecular complexity index is 537. The van der Waals surface area contributed by atoms with Crippen LogP contribution in [0.4, 0.5) is 0 Å². The molecule has 2 rings (SSSR count). The summed E-state index contributed by atoms with van der Waals surface area (Å²) in [5, 5.41) is 3.46. The fourth-order valence-corrected chi connectivity index (χ4v) is 2.14. The summed E-state index contributed by atoms with van der Waals surface area (Å²) in [7, 11) is 0. The molecule has 2 heterocycles. The van der Waals surface area contributed by atoms with E-state index >= 15 is 0 Å². The molecule has 0 aliphatic heterocycles. The monoisotopic (exact) mass is 274 g/mol. The van der Waals surface area contributed by atoms with Crippen molar-refractivity contribution < 1.29 is 9.15 Å². The first-order chi connectivity index (χ1) is 9.74. The number of nitrogens with one attached hydrogen (secondary N) is 1. The third kappa shape index (κ3) is 3.61. The Morgan fingerprint density at radius 2 is 2.10 bits per heavy atom. The molecule has 1 unspecified atom stereocenters. The van der Waals surface area contributed by atoms with E-state index in [0.29, 0.717) is 6.61 Å². The van der Waals surface area contributed by atoms with E-state index in [1.54, 1.807) is 12.5 Å². The van der Waals surface area contributed by atoms with Gasteiger partial charge < -0.3 is 14.5 Å². The van der Waals surface area contributed by atoms with E-state index in [-0.39, 0.29) is 6.04 Å². The van der Waals surface area contributed by atoms with Crippen molar-refractivity contribution in [3.05, 3.63) is 47.7 Å². The molecule has 0 saturated carbocycles. The minimum Gasteiger partial charge on any atom is -0.492 e. The molecular weight excluding hydrogens is 252 g/mol. The molecule has 4 nitrogen and oxygen atoms in total. The van der Waals surface area contributed by atoms with E-state index in [1.807, 2.05) is 25.3 Å². The maximum Gasteiger partial charge on any atom is 0.137 e. The standard InChI is InChI=1S/C16H22N2O2/c1-4-6-19-15-8-13(9-17-10-15)16(18-5-2)14-7-12(3)20-11-14/h7-11,16,18H,4-6H2,1-3H3. The molecule has 1 atom stereocenters. The number of hydrogen-bond acceptors (Lipinski definition) is 4. The van der Waals surface area contributed by atoms with Gasteiger partial charge >= 0.3 is 0 Å². The topological polar surface area (TPSA) is 47.3 Å². The molecule has 4 heteroatoms. The predicted molar refractivity (Wildman–Crippen MR) is 79.0 cm³/mol. The van der Waals surface area contributed by atoms with Crippen molar-refractivity contribution in [2.24, 2.45) is 0 Å². The van der Waals surface area contributed by atoms with Crippen LogP contribution in [0.5, 0.6) is 5.75 Å². The highest BCUT2D eigenvalue weighted by Gasteiger charge is 2.16. The fraction of sp³-hybridized carbons (Fsp3) is 0.438. The summed E-state index contributed by atoms with van der Waals surface area (Å²) in [6.07, 6.45) is 6.40. The number of furan rings is 1. The average molecular weight is 274 g/mol. The number of nitrogens with zero attached hydrogens (tertiary/aromatic N) is 1.